The normalized spacial score (nSPS) is 26.2. The molecule has 5 nitrogen and oxygen atoms in total. The van der Waals surface area contributed by atoms with Crippen LogP contribution in [0.5, 0.6) is 0 Å². The number of rotatable bonds is 3. The van der Waals surface area contributed by atoms with Gasteiger partial charge in [0.25, 0.3) is 0 Å². The minimum atomic E-state index is -0.652. The first-order valence-electron chi connectivity index (χ1n) is 4.96. The van der Waals surface area contributed by atoms with Crippen molar-refractivity contribution in [1.82, 2.24) is 10.2 Å². The van der Waals surface area contributed by atoms with Gasteiger partial charge in [0.2, 0.25) is 5.89 Å². The molecule has 1 aromatic heterocycles. The first-order chi connectivity index (χ1) is 7.11. The van der Waals surface area contributed by atoms with Crippen molar-refractivity contribution in [3.63, 3.8) is 0 Å². The molecular weight excluding hydrogens is 218 g/mol. The molecule has 1 saturated heterocycles. The first-order valence-corrected chi connectivity index (χ1v) is 5.50. The van der Waals surface area contributed by atoms with E-state index in [2.05, 4.69) is 10.2 Å². The largest absolute Gasteiger partial charge is 0.408 e. The molecule has 1 aliphatic heterocycles. The lowest BCUT2D eigenvalue weighted by molar-refractivity contribution is 0.0836. The van der Waals surface area contributed by atoms with E-state index in [0.717, 1.165) is 13.0 Å². The standard InChI is InChI=1S/C9H14ClN3O2/c1-9(14)3-5-13(6-9)8-12-11-7(15-8)2-4-10/h14H,2-6H2,1H3. The van der Waals surface area contributed by atoms with Gasteiger partial charge in [0.05, 0.1) is 12.1 Å². The second kappa shape index (κ2) is 3.98. The Hall–Kier alpha value is -0.810. The van der Waals surface area contributed by atoms with E-state index in [1.807, 2.05) is 11.8 Å². The molecule has 1 N–H and O–H groups in total. The Morgan fingerprint density at radius 1 is 1.60 bits per heavy atom. The van der Waals surface area contributed by atoms with Crippen molar-refractivity contribution in [3.8, 4) is 0 Å². The van der Waals surface area contributed by atoms with E-state index in [1.54, 1.807) is 0 Å². The van der Waals surface area contributed by atoms with Gasteiger partial charge in [-0.15, -0.1) is 16.7 Å². The number of hydrogen-bond donors (Lipinski definition) is 1. The zero-order valence-corrected chi connectivity index (χ0v) is 9.37. The van der Waals surface area contributed by atoms with Gasteiger partial charge in [-0.2, -0.15) is 0 Å². The molecule has 84 valence electrons. The summed E-state index contributed by atoms with van der Waals surface area (Å²) >= 11 is 5.57. The van der Waals surface area contributed by atoms with Crippen LogP contribution < -0.4 is 4.90 Å². The van der Waals surface area contributed by atoms with Crippen molar-refractivity contribution in [2.45, 2.75) is 25.4 Å². The third-order valence-corrected chi connectivity index (χ3v) is 2.68. The van der Waals surface area contributed by atoms with Gasteiger partial charge >= 0.3 is 6.01 Å². The number of aromatic nitrogens is 2. The van der Waals surface area contributed by atoms with Crippen LogP contribution >= 0.6 is 11.6 Å². The Bertz CT molecular complexity index is 340. The van der Waals surface area contributed by atoms with Crippen molar-refractivity contribution in [3.05, 3.63) is 5.89 Å². The number of alkyl halides is 1. The molecular formula is C9H14ClN3O2. The third kappa shape index (κ3) is 2.41. The zero-order valence-electron chi connectivity index (χ0n) is 8.61. The van der Waals surface area contributed by atoms with Crippen LogP contribution in [0.4, 0.5) is 6.01 Å². The van der Waals surface area contributed by atoms with Crippen LogP contribution in [0.15, 0.2) is 4.42 Å². The fraction of sp³-hybridized carbons (Fsp3) is 0.778. The fourth-order valence-electron chi connectivity index (χ4n) is 1.66. The van der Waals surface area contributed by atoms with E-state index in [0.29, 0.717) is 30.8 Å². The average molecular weight is 232 g/mol. The van der Waals surface area contributed by atoms with Crippen LogP contribution in [0.3, 0.4) is 0 Å². The zero-order chi connectivity index (χ0) is 10.9. The highest BCUT2D eigenvalue weighted by molar-refractivity contribution is 6.17. The maximum atomic E-state index is 9.78. The summed E-state index contributed by atoms with van der Waals surface area (Å²) in [7, 11) is 0. The molecule has 1 aliphatic rings. The number of anilines is 1. The van der Waals surface area contributed by atoms with Crippen LogP contribution in [0.1, 0.15) is 19.2 Å². The van der Waals surface area contributed by atoms with Crippen LogP contribution in [0, 0.1) is 0 Å². The van der Waals surface area contributed by atoms with Gasteiger partial charge in [-0.3, -0.25) is 0 Å². The Labute approximate surface area is 93.0 Å². The molecule has 0 amide bonds. The lowest BCUT2D eigenvalue weighted by Crippen LogP contribution is -2.29. The first kappa shape index (κ1) is 10.7. The molecule has 1 fully saturated rings. The third-order valence-electron chi connectivity index (χ3n) is 2.49. The predicted octanol–water partition coefficient (Wildman–Crippen LogP) is 0.812. The number of aliphatic hydroxyl groups is 1. The molecule has 1 atom stereocenters. The highest BCUT2D eigenvalue weighted by atomic mass is 35.5. The molecule has 0 bridgehead atoms. The minimum Gasteiger partial charge on any atom is -0.408 e. The fourth-order valence-corrected chi connectivity index (χ4v) is 1.82. The van der Waals surface area contributed by atoms with Gasteiger partial charge in [0, 0.05) is 18.8 Å². The summed E-state index contributed by atoms with van der Waals surface area (Å²) in [5.74, 6) is 1.02. The molecule has 2 heterocycles. The van der Waals surface area contributed by atoms with E-state index in [1.165, 1.54) is 0 Å². The lowest BCUT2D eigenvalue weighted by atomic mass is 10.1. The molecule has 6 heteroatoms. The topological polar surface area (TPSA) is 62.4 Å². The van der Waals surface area contributed by atoms with Gasteiger partial charge in [-0.1, -0.05) is 5.10 Å². The van der Waals surface area contributed by atoms with Crippen molar-refractivity contribution >= 4 is 17.6 Å². The van der Waals surface area contributed by atoms with Crippen molar-refractivity contribution in [2.75, 3.05) is 23.9 Å². The van der Waals surface area contributed by atoms with E-state index >= 15 is 0 Å². The minimum absolute atomic E-state index is 0.472. The maximum absolute atomic E-state index is 9.78. The van der Waals surface area contributed by atoms with Gasteiger partial charge in [0.1, 0.15) is 0 Å². The van der Waals surface area contributed by atoms with Gasteiger partial charge in [0.15, 0.2) is 0 Å². The molecule has 2 rings (SSSR count). The van der Waals surface area contributed by atoms with Crippen LogP contribution in [-0.4, -0.2) is 39.9 Å². The Morgan fingerprint density at radius 3 is 3.00 bits per heavy atom. The van der Waals surface area contributed by atoms with Gasteiger partial charge in [-0.25, -0.2) is 0 Å². The van der Waals surface area contributed by atoms with Crippen molar-refractivity contribution in [1.29, 1.82) is 0 Å². The summed E-state index contributed by atoms with van der Waals surface area (Å²) < 4.78 is 5.41. The highest BCUT2D eigenvalue weighted by Gasteiger charge is 2.33. The summed E-state index contributed by atoms with van der Waals surface area (Å²) in [5, 5.41) is 17.6. The Morgan fingerprint density at radius 2 is 2.40 bits per heavy atom. The summed E-state index contributed by atoms with van der Waals surface area (Å²) in [6, 6.07) is 0.480. The number of β-amino-alcohol motifs (C(OH)–C–C–N with tert-alkyl or cyclic N) is 1. The van der Waals surface area contributed by atoms with Crippen LogP contribution in [0.2, 0.25) is 0 Å². The number of nitrogens with zero attached hydrogens (tertiary/aromatic N) is 3. The maximum Gasteiger partial charge on any atom is 0.318 e. The monoisotopic (exact) mass is 231 g/mol. The highest BCUT2D eigenvalue weighted by Crippen LogP contribution is 2.25. The average Bonchev–Trinajstić information content (AvgIpc) is 2.73. The number of halogens is 1. The second-order valence-electron chi connectivity index (χ2n) is 4.09. The van der Waals surface area contributed by atoms with Crippen LogP contribution in [0.25, 0.3) is 0 Å². The van der Waals surface area contributed by atoms with E-state index in [-0.39, 0.29) is 0 Å². The Kier molecular flexibility index (Phi) is 2.84. The summed E-state index contributed by atoms with van der Waals surface area (Å²) in [5.41, 5.74) is -0.652. The summed E-state index contributed by atoms with van der Waals surface area (Å²) in [6.07, 6.45) is 1.30. The summed E-state index contributed by atoms with van der Waals surface area (Å²) in [4.78, 5) is 1.89. The lowest BCUT2D eigenvalue weighted by Gasteiger charge is -2.16. The molecule has 1 unspecified atom stereocenters. The molecule has 0 spiro atoms. The molecule has 1 aromatic rings. The van der Waals surface area contributed by atoms with Gasteiger partial charge in [-0.05, 0) is 13.3 Å². The van der Waals surface area contributed by atoms with E-state index < -0.39 is 5.60 Å². The molecule has 0 aliphatic carbocycles. The molecule has 0 saturated carbocycles. The van der Waals surface area contributed by atoms with Gasteiger partial charge < -0.3 is 14.4 Å². The van der Waals surface area contributed by atoms with Crippen molar-refractivity contribution < 1.29 is 9.52 Å². The van der Waals surface area contributed by atoms with Crippen LogP contribution in [-0.2, 0) is 6.42 Å². The second-order valence-corrected chi connectivity index (χ2v) is 4.46. The van der Waals surface area contributed by atoms with E-state index in [4.69, 9.17) is 16.0 Å². The number of aryl methyl sites for hydroxylation is 1. The predicted molar refractivity (Wildman–Crippen MR) is 56.2 cm³/mol. The molecule has 0 aromatic carbocycles. The number of hydrogen-bond acceptors (Lipinski definition) is 5. The SMILES string of the molecule is CC1(O)CCN(c2nnc(CCCl)o2)C1. The van der Waals surface area contributed by atoms with E-state index in [9.17, 15) is 5.11 Å². The Balaban J connectivity index is 2.04. The van der Waals surface area contributed by atoms with Crippen molar-refractivity contribution in [2.24, 2.45) is 0 Å². The molecule has 15 heavy (non-hydrogen) atoms. The molecule has 0 radical (unpaired) electrons. The quantitative estimate of drug-likeness (QED) is 0.781. The smallest absolute Gasteiger partial charge is 0.318 e. The summed E-state index contributed by atoms with van der Waals surface area (Å²) in [6.45, 7) is 3.09.